The lowest BCUT2D eigenvalue weighted by Crippen LogP contribution is -2.22. The van der Waals surface area contributed by atoms with Gasteiger partial charge in [-0.1, -0.05) is 0 Å². The van der Waals surface area contributed by atoms with Gasteiger partial charge in [-0.3, -0.25) is 4.99 Å². The summed E-state index contributed by atoms with van der Waals surface area (Å²) in [6.07, 6.45) is 2.34. The Labute approximate surface area is 87.4 Å². The lowest BCUT2D eigenvalue weighted by Gasteiger charge is -2.12. The number of aliphatic imine (C=N–C) groups is 1. The molecule has 1 aliphatic rings. The molecule has 0 atom stereocenters. The number of nitrogens with two attached hydrogens (primary N) is 1. The van der Waals surface area contributed by atoms with E-state index in [1.54, 1.807) is 6.33 Å². The monoisotopic (exact) mass is 210 g/mol. The molecule has 0 bridgehead atoms. The van der Waals surface area contributed by atoms with Crippen LogP contribution in [0.4, 0.5) is 0 Å². The largest absolute Gasteiger partial charge is 0.394 e. The van der Waals surface area contributed by atoms with E-state index in [2.05, 4.69) is 9.98 Å². The van der Waals surface area contributed by atoms with Gasteiger partial charge in [-0.15, -0.1) is 0 Å². The first-order valence-corrected chi connectivity index (χ1v) is 4.81. The summed E-state index contributed by atoms with van der Waals surface area (Å²) in [6.45, 7) is 1.31. The number of hydrogen-bond donors (Lipinski definition) is 2. The van der Waals surface area contributed by atoms with E-state index in [0.717, 1.165) is 11.4 Å². The Morgan fingerprint density at radius 1 is 1.60 bits per heavy atom. The fraction of sp³-hybridized carbons (Fsp3) is 0.556. The van der Waals surface area contributed by atoms with E-state index in [4.69, 9.17) is 15.6 Å². The number of rotatable bonds is 4. The van der Waals surface area contributed by atoms with Crippen molar-refractivity contribution < 1.29 is 9.84 Å². The first kappa shape index (κ1) is 10.1. The van der Waals surface area contributed by atoms with Crippen molar-refractivity contribution in [1.29, 1.82) is 0 Å². The fourth-order valence-electron chi connectivity index (χ4n) is 1.53. The minimum absolute atomic E-state index is 0.0283. The number of aliphatic hydroxyl groups excluding tert-OH is 1. The van der Waals surface area contributed by atoms with Crippen molar-refractivity contribution in [2.75, 3.05) is 13.2 Å². The highest BCUT2D eigenvalue weighted by Crippen LogP contribution is 2.14. The number of hydrogen-bond acceptors (Lipinski definition) is 5. The molecule has 2 rings (SSSR count). The van der Waals surface area contributed by atoms with Crippen molar-refractivity contribution in [1.82, 2.24) is 9.55 Å². The SMILES string of the molecule is NC1=NCc2ncn(COCCO)c2C1. The Balaban J connectivity index is 2.05. The number of aliphatic hydroxyl groups is 1. The summed E-state index contributed by atoms with van der Waals surface area (Å²) >= 11 is 0. The fourth-order valence-corrected chi connectivity index (χ4v) is 1.53. The van der Waals surface area contributed by atoms with Gasteiger partial charge in [0.25, 0.3) is 0 Å². The molecule has 3 N–H and O–H groups in total. The number of amidine groups is 1. The summed E-state index contributed by atoms with van der Waals surface area (Å²) < 4.78 is 7.12. The standard InChI is InChI=1S/C9H14N4O2/c10-9-3-8-7(4-11-9)12-5-13(8)6-15-2-1-14/h5,14H,1-4,6H2,(H2,10,11). The zero-order chi connectivity index (χ0) is 10.7. The molecular weight excluding hydrogens is 196 g/mol. The number of ether oxygens (including phenoxy) is 1. The van der Waals surface area contributed by atoms with Gasteiger partial charge < -0.3 is 20.1 Å². The predicted octanol–water partition coefficient (Wildman–Crippen LogP) is -0.737. The highest BCUT2D eigenvalue weighted by Gasteiger charge is 2.15. The molecule has 1 aromatic heterocycles. The molecule has 0 saturated heterocycles. The number of imidazole rings is 1. The van der Waals surface area contributed by atoms with Crippen molar-refractivity contribution in [2.24, 2.45) is 10.7 Å². The van der Waals surface area contributed by atoms with Crippen molar-refractivity contribution in [3.05, 3.63) is 17.7 Å². The predicted molar refractivity (Wildman–Crippen MR) is 54.3 cm³/mol. The molecule has 6 heteroatoms. The van der Waals surface area contributed by atoms with Crippen LogP contribution in [-0.4, -0.2) is 33.7 Å². The van der Waals surface area contributed by atoms with E-state index < -0.39 is 0 Å². The van der Waals surface area contributed by atoms with Crippen LogP contribution in [0.1, 0.15) is 11.4 Å². The molecule has 15 heavy (non-hydrogen) atoms. The van der Waals surface area contributed by atoms with Crippen LogP contribution in [-0.2, 0) is 24.4 Å². The Morgan fingerprint density at radius 2 is 2.47 bits per heavy atom. The van der Waals surface area contributed by atoms with Gasteiger partial charge >= 0.3 is 0 Å². The third-order valence-corrected chi connectivity index (χ3v) is 2.28. The highest BCUT2D eigenvalue weighted by atomic mass is 16.5. The molecule has 82 valence electrons. The van der Waals surface area contributed by atoms with E-state index in [-0.39, 0.29) is 6.61 Å². The Kier molecular flexibility index (Phi) is 2.98. The number of aromatic nitrogens is 2. The summed E-state index contributed by atoms with van der Waals surface area (Å²) in [4.78, 5) is 8.35. The molecule has 0 spiro atoms. The molecule has 1 aromatic rings. The second-order valence-electron chi connectivity index (χ2n) is 3.35. The van der Waals surface area contributed by atoms with Crippen molar-refractivity contribution in [3.8, 4) is 0 Å². The second kappa shape index (κ2) is 4.41. The maximum atomic E-state index is 8.59. The zero-order valence-electron chi connectivity index (χ0n) is 8.39. The van der Waals surface area contributed by atoms with Gasteiger partial charge in [-0.25, -0.2) is 4.98 Å². The van der Waals surface area contributed by atoms with Crippen LogP contribution in [0.5, 0.6) is 0 Å². The minimum Gasteiger partial charge on any atom is -0.394 e. The topological polar surface area (TPSA) is 85.7 Å². The molecule has 1 aliphatic heterocycles. The lowest BCUT2D eigenvalue weighted by molar-refractivity contribution is 0.0470. The van der Waals surface area contributed by atoms with Gasteiger partial charge in [0.05, 0.1) is 37.5 Å². The van der Waals surface area contributed by atoms with Gasteiger partial charge in [0, 0.05) is 6.42 Å². The van der Waals surface area contributed by atoms with E-state index >= 15 is 0 Å². The molecule has 0 saturated carbocycles. The molecule has 0 aromatic carbocycles. The molecule has 0 fully saturated rings. The van der Waals surface area contributed by atoms with Crippen molar-refractivity contribution in [3.63, 3.8) is 0 Å². The van der Waals surface area contributed by atoms with Crippen LogP contribution in [0.2, 0.25) is 0 Å². The normalized spacial score (nSPS) is 14.9. The van der Waals surface area contributed by atoms with Crippen LogP contribution in [0.25, 0.3) is 0 Å². The second-order valence-corrected chi connectivity index (χ2v) is 3.35. The van der Waals surface area contributed by atoms with Crippen LogP contribution in [0.3, 0.4) is 0 Å². The summed E-state index contributed by atoms with van der Waals surface area (Å²) in [5.41, 5.74) is 7.67. The van der Waals surface area contributed by atoms with E-state index in [0.29, 0.717) is 32.1 Å². The zero-order valence-corrected chi connectivity index (χ0v) is 8.39. The quantitative estimate of drug-likeness (QED) is 0.641. The Morgan fingerprint density at radius 3 is 3.27 bits per heavy atom. The van der Waals surface area contributed by atoms with E-state index in [9.17, 15) is 0 Å². The average Bonchev–Trinajstić information content (AvgIpc) is 2.62. The average molecular weight is 210 g/mol. The molecule has 0 radical (unpaired) electrons. The first-order valence-electron chi connectivity index (χ1n) is 4.81. The number of nitrogens with zero attached hydrogens (tertiary/aromatic N) is 3. The van der Waals surface area contributed by atoms with Gasteiger partial charge in [0.15, 0.2) is 0 Å². The summed E-state index contributed by atoms with van der Waals surface area (Å²) in [6, 6.07) is 0. The Bertz CT molecular complexity index is 372. The van der Waals surface area contributed by atoms with Gasteiger partial charge in [0.1, 0.15) is 12.6 Å². The molecule has 0 amide bonds. The molecule has 0 aliphatic carbocycles. The minimum atomic E-state index is 0.0283. The van der Waals surface area contributed by atoms with Crippen LogP contribution >= 0.6 is 0 Å². The summed E-state index contributed by atoms with van der Waals surface area (Å²) in [5, 5.41) is 8.59. The third-order valence-electron chi connectivity index (χ3n) is 2.28. The van der Waals surface area contributed by atoms with Gasteiger partial charge in [-0.2, -0.15) is 0 Å². The maximum Gasteiger partial charge on any atom is 0.124 e. The maximum absolute atomic E-state index is 8.59. The van der Waals surface area contributed by atoms with Crippen LogP contribution < -0.4 is 5.73 Å². The van der Waals surface area contributed by atoms with Crippen LogP contribution in [0.15, 0.2) is 11.3 Å². The molecular formula is C9H14N4O2. The summed E-state index contributed by atoms with van der Waals surface area (Å²) in [7, 11) is 0. The molecule has 2 heterocycles. The number of fused-ring (bicyclic) bond motifs is 1. The van der Waals surface area contributed by atoms with E-state index in [1.807, 2.05) is 4.57 Å². The lowest BCUT2D eigenvalue weighted by atomic mass is 10.2. The van der Waals surface area contributed by atoms with E-state index in [1.165, 1.54) is 0 Å². The highest BCUT2D eigenvalue weighted by molar-refractivity contribution is 5.83. The summed E-state index contributed by atoms with van der Waals surface area (Å²) in [5.74, 6) is 0.631. The Hall–Kier alpha value is -1.40. The molecule has 0 unspecified atom stereocenters. The smallest absolute Gasteiger partial charge is 0.124 e. The van der Waals surface area contributed by atoms with Crippen molar-refractivity contribution in [2.45, 2.75) is 19.7 Å². The third kappa shape index (κ3) is 2.16. The molecule has 6 nitrogen and oxygen atoms in total. The van der Waals surface area contributed by atoms with Gasteiger partial charge in [-0.05, 0) is 0 Å². The first-order chi connectivity index (χ1) is 7.31. The van der Waals surface area contributed by atoms with Crippen molar-refractivity contribution >= 4 is 5.84 Å². The van der Waals surface area contributed by atoms with Crippen LogP contribution in [0, 0.1) is 0 Å². The van der Waals surface area contributed by atoms with Gasteiger partial charge in [0.2, 0.25) is 0 Å².